The molecule has 2 heterocycles. The Kier molecular flexibility index (Phi) is 11.5. The van der Waals surface area contributed by atoms with Crippen molar-refractivity contribution in [2.24, 2.45) is 11.7 Å². The van der Waals surface area contributed by atoms with E-state index in [9.17, 15) is 24.3 Å². The average Bonchev–Trinajstić information content (AvgIpc) is 3.17. The molecule has 2 fully saturated rings. The molecule has 0 aromatic carbocycles. The number of hydrogen-bond acceptors (Lipinski definition) is 6. The molecule has 0 radical (unpaired) electrons. The number of alkyl carbamates (subject to hydrolysis) is 1. The van der Waals surface area contributed by atoms with Crippen LogP contribution in [0.25, 0.3) is 0 Å². The first-order chi connectivity index (χ1) is 16.9. The van der Waals surface area contributed by atoms with Crippen LogP contribution in [0.15, 0.2) is 0 Å². The van der Waals surface area contributed by atoms with E-state index in [-0.39, 0.29) is 11.8 Å². The van der Waals surface area contributed by atoms with Crippen molar-refractivity contribution in [2.45, 2.75) is 128 Å². The molecule has 2 aliphatic rings. The molecule has 10 heteroatoms. The summed E-state index contributed by atoms with van der Waals surface area (Å²) >= 11 is 0. The summed E-state index contributed by atoms with van der Waals surface area (Å²) < 4.78 is 5.39. The lowest BCUT2D eigenvalue weighted by molar-refractivity contribution is -0.141. The van der Waals surface area contributed by atoms with Crippen molar-refractivity contribution in [3.8, 4) is 0 Å². The fraction of sp³-hybridized carbons (Fsp3) is 0.846. The topological polar surface area (TPSA) is 151 Å². The number of primary amides is 1. The molecule has 0 aliphatic carbocycles. The molecule has 10 nitrogen and oxygen atoms in total. The molecule has 0 saturated carbocycles. The van der Waals surface area contributed by atoms with E-state index in [0.717, 1.165) is 51.4 Å². The molecule has 2 aliphatic heterocycles. The Hall–Kier alpha value is -2.36. The van der Waals surface area contributed by atoms with Gasteiger partial charge in [-0.2, -0.15) is 0 Å². The number of aliphatic hydroxyl groups excluding tert-OH is 1. The molecule has 5 N–H and O–H groups in total. The van der Waals surface area contributed by atoms with Gasteiger partial charge in [0.2, 0.25) is 17.7 Å². The lowest BCUT2D eigenvalue weighted by atomic mass is 10.00. The third-order valence-electron chi connectivity index (χ3n) is 6.84. The number of fused-ring (bicyclic) bond motifs is 1. The number of aliphatic hydroxyl groups is 1. The van der Waals surface area contributed by atoms with Gasteiger partial charge >= 0.3 is 6.09 Å². The number of rotatable bonds is 3. The summed E-state index contributed by atoms with van der Waals surface area (Å²) in [6, 6.07) is -2.37. The predicted octanol–water partition coefficient (Wildman–Crippen LogP) is 2.36. The first-order valence-electron chi connectivity index (χ1n) is 13.5. The van der Waals surface area contributed by atoms with Crippen LogP contribution in [0.4, 0.5) is 4.79 Å². The molecule has 0 aromatic heterocycles. The minimum atomic E-state index is -1.50. The molecule has 36 heavy (non-hydrogen) atoms. The number of nitrogens with two attached hydrogens (primary N) is 1. The van der Waals surface area contributed by atoms with Gasteiger partial charge in [0.15, 0.2) is 6.10 Å². The van der Waals surface area contributed by atoms with Crippen LogP contribution in [0.2, 0.25) is 0 Å². The highest BCUT2D eigenvalue weighted by Crippen LogP contribution is 2.26. The molecule has 5 atom stereocenters. The number of hydrogen-bond donors (Lipinski definition) is 4. The number of carbonyl (C=O) groups excluding carboxylic acids is 4. The van der Waals surface area contributed by atoms with Gasteiger partial charge in [0.05, 0.1) is 6.04 Å². The SMILES string of the molecule is C[C@@H]1C[C@H]2C(=O)N[C@H](C(O)C(N)=O)CCCCCCCCCC[C@H](NC(=O)OC(C)(C)C)C(=O)N2C1. The highest BCUT2D eigenvalue weighted by atomic mass is 16.6. The first kappa shape index (κ1) is 29.9. The van der Waals surface area contributed by atoms with Gasteiger partial charge in [0.25, 0.3) is 0 Å². The lowest BCUT2D eigenvalue weighted by Gasteiger charge is -2.31. The molecular formula is C26H46N4O6. The van der Waals surface area contributed by atoms with E-state index in [2.05, 4.69) is 10.6 Å². The number of nitrogens with zero attached hydrogens (tertiary/aromatic N) is 1. The van der Waals surface area contributed by atoms with Crippen LogP contribution in [0, 0.1) is 5.92 Å². The molecule has 4 amide bonds. The van der Waals surface area contributed by atoms with Gasteiger partial charge in [0, 0.05) is 6.54 Å². The maximum atomic E-state index is 13.6. The summed E-state index contributed by atoms with van der Waals surface area (Å²) in [7, 11) is 0. The van der Waals surface area contributed by atoms with Crippen molar-refractivity contribution in [3.05, 3.63) is 0 Å². The van der Waals surface area contributed by atoms with E-state index in [4.69, 9.17) is 10.5 Å². The van der Waals surface area contributed by atoms with E-state index < -0.39 is 47.7 Å². The second-order valence-corrected chi connectivity index (χ2v) is 11.4. The van der Waals surface area contributed by atoms with Gasteiger partial charge in [-0.05, 0) is 46.0 Å². The van der Waals surface area contributed by atoms with E-state index >= 15 is 0 Å². The Bertz CT molecular complexity index is 768. The summed E-state index contributed by atoms with van der Waals surface area (Å²) in [6.45, 7) is 7.62. The number of nitrogens with one attached hydrogen (secondary N) is 2. The molecular weight excluding hydrogens is 464 g/mol. The van der Waals surface area contributed by atoms with Gasteiger partial charge in [-0.3, -0.25) is 14.4 Å². The van der Waals surface area contributed by atoms with Crippen molar-refractivity contribution < 1.29 is 29.0 Å². The second kappa shape index (κ2) is 13.8. The Morgan fingerprint density at radius 1 is 1.06 bits per heavy atom. The lowest BCUT2D eigenvalue weighted by Crippen LogP contribution is -2.57. The van der Waals surface area contributed by atoms with Gasteiger partial charge in [-0.15, -0.1) is 0 Å². The number of carbonyl (C=O) groups is 4. The standard InChI is InChI=1S/C26H46N4O6/c1-17-15-20-23(33)28-18(21(31)22(27)32)13-11-9-7-5-6-8-10-12-14-19(24(34)30(20)16-17)29-25(35)36-26(2,3)4/h17-21,31H,5-16H2,1-4H3,(H2,27,32)(H,28,33)(H,29,35)/t17-,18+,19+,20+,21?/m1/s1. The quantitative estimate of drug-likeness (QED) is 0.458. The Morgan fingerprint density at radius 3 is 2.17 bits per heavy atom. The van der Waals surface area contributed by atoms with Gasteiger partial charge in [0.1, 0.15) is 17.7 Å². The van der Waals surface area contributed by atoms with Gasteiger partial charge in [-0.1, -0.05) is 58.3 Å². The fourth-order valence-corrected chi connectivity index (χ4v) is 5.00. The van der Waals surface area contributed by atoms with Crippen LogP contribution >= 0.6 is 0 Å². The monoisotopic (exact) mass is 510 g/mol. The maximum Gasteiger partial charge on any atom is 0.408 e. The second-order valence-electron chi connectivity index (χ2n) is 11.4. The Morgan fingerprint density at radius 2 is 1.61 bits per heavy atom. The Balaban J connectivity index is 2.26. The average molecular weight is 511 g/mol. The molecule has 0 spiro atoms. The first-order valence-corrected chi connectivity index (χ1v) is 13.5. The largest absolute Gasteiger partial charge is 0.444 e. The summed E-state index contributed by atoms with van der Waals surface area (Å²) in [5.74, 6) is -1.54. The summed E-state index contributed by atoms with van der Waals surface area (Å²) in [6.07, 6.45) is 6.81. The summed E-state index contributed by atoms with van der Waals surface area (Å²) in [4.78, 5) is 52.7. The molecule has 1 unspecified atom stereocenters. The van der Waals surface area contributed by atoms with E-state index in [0.29, 0.717) is 25.8 Å². The molecule has 2 saturated heterocycles. The summed E-state index contributed by atoms with van der Waals surface area (Å²) in [5, 5.41) is 15.9. The van der Waals surface area contributed by atoms with Crippen molar-refractivity contribution >= 4 is 23.8 Å². The van der Waals surface area contributed by atoms with E-state index in [1.807, 2.05) is 6.92 Å². The van der Waals surface area contributed by atoms with E-state index in [1.54, 1.807) is 20.8 Å². The highest BCUT2D eigenvalue weighted by Gasteiger charge is 2.42. The van der Waals surface area contributed by atoms with Crippen LogP contribution < -0.4 is 16.4 Å². The normalized spacial score (nSPS) is 28.4. The predicted molar refractivity (Wildman–Crippen MR) is 136 cm³/mol. The zero-order valence-electron chi connectivity index (χ0n) is 22.4. The molecule has 206 valence electrons. The Labute approximate surface area is 215 Å². The number of ether oxygens (including phenoxy) is 1. The van der Waals surface area contributed by atoms with Gasteiger partial charge < -0.3 is 31.1 Å². The third-order valence-corrected chi connectivity index (χ3v) is 6.84. The molecule has 0 bridgehead atoms. The van der Waals surface area contributed by atoms with Crippen LogP contribution in [0.5, 0.6) is 0 Å². The number of amides is 4. The van der Waals surface area contributed by atoms with Crippen LogP contribution in [-0.4, -0.2) is 70.2 Å². The van der Waals surface area contributed by atoms with Crippen molar-refractivity contribution in [1.29, 1.82) is 0 Å². The maximum absolute atomic E-state index is 13.6. The van der Waals surface area contributed by atoms with Gasteiger partial charge in [-0.25, -0.2) is 4.79 Å². The van der Waals surface area contributed by atoms with Crippen molar-refractivity contribution in [2.75, 3.05) is 6.54 Å². The van der Waals surface area contributed by atoms with Crippen molar-refractivity contribution in [3.63, 3.8) is 0 Å². The van der Waals surface area contributed by atoms with Crippen molar-refractivity contribution in [1.82, 2.24) is 15.5 Å². The minimum Gasteiger partial charge on any atom is -0.444 e. The van der Waals surface area contributed by atoms with E-state index in [1.165, 1.54) is 4.90 Å². The summed E-state index contributed by atoms with van der Waals surface area (Å²) in [5.41, 5.74) is 4.63. The minimum absolute atomic E-state index is 0.0805. The zero-order chi connectivity index (χ0) is 26.9. The molecule has 2 rings (SSSR count). The fourth-order valence-electron chi connectivity index (χ4n) is 5.00. The highest BCUT2D eigenvalue weighted by molar-refractivity contribution is 5.92. The van der Waals surface area contributed by atoms with Crippen LogP contribution in [-0.2, 0) is 19.1 Å². The van der Waals surface area contributed by atoms with Crippen LogP contribution in [0.3, 0.4) is 0 Å². The smallest absolute Gasteiger partial charge is 0.408 e. The van der Waals surface area contributed by atoms with Crippen LogP contribution in [0.1, 0.15) is 98.3 Å². The zero-order valence-corrected chi connectivity index (χ0v) is 22.4. The third kappa shape index (κ3) is 9.59. The molecule has 0 aromatic rings.